The maximum atomic E-state index is 14.0. The van der Waals surface area contributed by atoms with Gasteiger partial charge in [-0.15, -0.1) is 16.9 Å². The van der Waals surface area contributed by atoms with E-state index in [0.29, 0.717) is 43.0 Å². The lowest BCUT2D eigenvalue weighted by molar-refractivity contribution is -0.187. The quantitative estimate of drug-likeness (QED) is 0.239. The van der Waals surface area contributed by atoms with Crippen LogP contribution in [0.5, 0.6) is 0 Å². The van der Waals surface area contributed by atoms with Gasteiger partial charge in [-0.2, -0.15) is 0 Å². The van der Waals surface area contributed by atoms with Gasteiger partial charge in [0, 0.05) is 25.6 Å². The van der Waals surface area contributed by atoms with Gasteiger partial charge in [-0.3, -0.25) is 14.8 Å². The summed E-state index contributed by atoms with van der Waals surface area (Å²) in [7, 11) is 1.96. The Balaban J connectivity index is 1.53. The average Bonchev–Trinajstić information content (AvgIpc) is 3.48. The molecule has 3 aromatic rings. The molecule has 1 aromatic carbocycles. The Labute approximate surface area is 267 Å². The van der Waals surface area contributed by atoms with Crippen LogP contribution >= 0.6 is 11.8 Å². The zero-order valence-corrected chi connectivity index (χ0v) is 26.8. The zero-order valence-electron chi connectivity index (χ0n) is 26.0. The fraction of sp³-hybridized carbons (Fsp3) is 0.567. The summed E-state index contributed by atoms with van der Waals surface area (Å²) in [6, 6.07) is 0.264. The number of thioether (sulfide) groups is 1. The minimum atomic E-state index is -1.64. The summed E-state index contributed by atoms with van der Waals surface area (Å²) in [5.41, 5.74) is -0.0172. The summed E-state index contributed by atoms with van der Waals surface area (Å²) in [5.74, 6) is -5.10. The van der Waals surface area contributed by atoms with Crippen molar-refractivity contribution in [2.45, 2.75) is 81.2 Å². The Bertz CT molecular complexity index is 1570. The number of esters is 1. The molecule has 5 rings (SSSR count). The second-order valence-corrected chi connectivity index (χ2v) is 13.2. The van der Waals surface area contributed by atoms with Crippen molar-refractivity contribution in [1.29, 1.82) is 0 Å². The lowest BCUT2D eigenvalue weighted by atomic mass is 9.86. The van der Waals surface area contributed by atoms with Crippen LogP contribution in [0.15, 0.2) is 18.3 Å². The molecule has 6 atom stereocenters. The van der Waals surface area contributed by atoms with E-state index in [0.717, 1.165) is 34.3 Å². The molecule has 0 saturated carbocycles. The number of nitrogens with zero attached hydrogens (tertiary/aromatic N) is 6. The number of aryl methyl sites for hydroxylation is 3. The molecule has 3 N–H and O–H groups in total. The average molecular weight is 667 g/mol. The Morgan fingerprint density at radius 1 is 1.09 bits per heavy atom. The third kappa shape index (κ3) is 6.92. The molecule has 16 heteroatoms. The molecule has 0 bridgehead atoms. The molecule has 2 saturated heterocycles. The van der Waals surface area contributed by atoms with E-state index in [9.17, 15) is 33.3 Å². The number of aliphatic hydroxyl groups is 3. The highest BCUT2D eigenvalue weighted by Gasteiger charge is 2.51. The van der Waals surface area contributed by atoms with E-state index in [1.54, 1.807) is 6.92 Å². The van der Waals surface area contributed by atoms with Crippen molar-refractivity contribution in [1.82, 2.24) is 29.9 Å². The van der Waals surface area contributed by atoms with Crippen LogP contribution in [0, 0.1) is 38.2 Å². The maximum absolute atomic E-state index is 14.0. The molecule has 2 aromatic heterocycles. The maximum Gasteiger partial charge on any atom is 0.302 e. The van der Waals surface area contributed by atoms with Crippen LogP contribution in [0.25, 0.3) is 11.3 Å². The number of aliphatic hydroxyl groups excluding tert-OH is 2. The van der Waals surface area contributed by atoms with Gasteiger partial charge >= 0.3 is 5.97 Å². The van der Waals surface area contributed by atoms with E-state index in [-0.39, 0.29) is 17.9 Å². The van der Waals surface area contributed by atoms with E-state index in [2.05, 4.69) is 20.2 Å². The Morgan fingerprint density at radius 3 is 2.35 bits per heavy atom. The van der Waals surface area contributed by atoms with Crippen LogP contribution in [0.1, 0.15) is 53.8 Å². The molecule has 2 aliphatic heterocycles. The van der Waals surface area contributed by atoms with Crippen molar-refractivity contribution in [3.05, 3.63) is 58.6 Å². The predicted molar refractivity (Wildman–Crippen MR) is 160 cm³/mol. The molecular weight excluding hydrogens is 629 g/mol. The second kappa shape index (κ2) is 13.5. The van der Waals surface area contributed by atoms with Crippen molar-refractivity contribution >= 4 is 17.7 Å². The van der Waals surface area contributed by atoms with Crippen LogP contribution in [-0.4, -0.2) is 107 Å². The van der Waals surface area contributed by atoms with Crippen LogP contribution < -0.4 is 0 Å². The molecule has 12 nitrogen and oxygen atoms in total. The summed E-state index contributed by atoms with van der Waals surface area (Å²) >= 11 is 1.11. The molecule has 0 radical (unpaired) electrons. The first kappa shape index (κ1) is 34.2. The largest absolute Gasteiger partial charge is 0.463 e. The lowest BCUT2D eigenvalue weighted by Crippen LogP contribution is -2.56. The number of piperidine rings is 1. The number of aromatic nitrogens is 5. The topological polar surface area (TPSA) is 156 Å². The summed E-state index contributed by atoms with van der Waals surface area (Å²) in [6.45, 7) is 7.52. The SMILES string of the molecule is CC(=O)OC[C@H]1O[C@@H](SC(c2nc(C)c(C)nc2C)C2(O)CCN(C)CC2)[C@H](O)[C@@H](n2cc(-c3cc(F)c(F)c(F)c3)nn2)[C@H]1O. The number of likely N-dealkylation sites (tertiary alicyclic amines) is 1. The van der Waals surface area contributed by atoms with Gasteiger partial charge in [-0.1, -0.05) is 5.21 Å². The molecule has 250 valence electrons. The highest BCUT2D eigenvalue weighted by Crippen LogP contribution is 2.49. The number of benzene rings is 1. The van der Waals surface area contributed by atoms with Crippen molar-refractivity contribution in [2.24, 2.45) is 0 Å². The van der Waals surface area contributed by atoms with E-state index in [1.807, 2.05) is 20.9 Å². The van der Waals surface area contributed by atoms with Crippen LogP contribution in [0.4, 0.5) is 13.2 Å². The van der Waals surface area contributed by atoms with E-state index in [1.165, 1.54) is 13.1 Å². The van der Waals surface area contributed by atoms with Crippen LogP contribution in [0.2, 0.25) is 0 Å². The van der Waals surface area contributed by atoms with E-state index in [4.69, 9.17) is 14.5 Å². The molecule has 0 amide bonds. The summed E-state index contributed by atoms with van der Waals surface area (Å²) in [6.07, 6.45) is -2.07. The van der Waals surface area contributed by atoms with Gasteiger partial charge in [0.25, 0.3) is 0 Å². The number of carbonyl (C=O) groups excluding carboxylic acids is 1. The summed E-state index contributed by atoms with van der Waals surface area (Å²) in [4.78, 5) is 23.2. The highest BCUT2D eigenvalue weighted by atomic mass is 32.2. The second-order valence-electron chi connectivity index (χ2n) is 11.9. The van der Waals surface area contributed by atoms with Gasteiger partial charge in [-0.05, 0) is 52.8 Å². The fourth-order valence-corrected chi connectivity index (χ4v) is 7.40. The highest BCUT2D eigenvalue weighted by molar-refractivity contribution is 8.00. The Kier molecular flexibility index (Phi) is 10.1. The Hall–Kier alpha value is -3.15. The molecule has 2 aliphatic rings. The molecule has 0 aliphatic carbocycles. The van der Waals surface area contributed by atoms with Crippen LogP contribution in [0.3, 0.4) is 0 Å². The number of rotatable bonds is 8. The molecule has 46 heavy (non-hydrogen) atoms. The molecule has 2 fully saturated rings. The van der Waals surface area contributed by atoms with Crippen molar-refractivity contribution < 1.29 is 42.8 Å². The van der Waals surface area contributed by atoms with Gasteiger partial charge in [0.15, 0.2) is 17.5 Å². The van der Waals surface area contributed by atoms with Gasteiger partial charge < -0.3 is 29.7 Å². The third-order valence-electron chi connectivity index (χ3n) is 8.59. The summed E-state index contributed by atoms with van der Waals surface area (Å²) < 4.78 is 54.0. The number of ether oxygens (including phenoxy) is 2. The smallest absolute Gasteiger partial charge is 0.302 e. The first-order valence-electron chi connectivity index (χ1n) is 14.8. The van der Waals surface area contributed by atoms with E-state index < -0.39 is 64.1 Å². The number of halogens is 3. The normalized spacial score (nSPS) is 25.8. The molecule has 0 spiro atoms. The first-order chi connectivity index (χ1) is 21.7. The first-order valence-corrected chi connectivity index (χ1v) is 15.7. The van der Waals surface area contributed by atoms with Crippen molar-refractivity contribution in [3.8, 4) is 11.3 Å². The standard InChI is InChI=1S/C30H37F3N6O6S/c1-14-15(2)35-24(16(3)34-14)28(30(43)6-8-38(5)9-7-30)46-29-27(42)25(26(41)22(45-29)13-44-17(4)40)39-12-21(36-37-39)18-10-19(31)23(33)20(32)11-18/h10-12,22,25-29,41-43H,6-9,13H2,1-5H3/t22-,25+,26+,27-,28?,29+/m1/s1. The molecule has 4 heterocycles. The third-order valence-corrected chi connectivity index (χ3v) is 10.2. The van der Waals surface area contributed by atoms with Gasteiger partial charge in [0.2, 0.25) is 0 Å². The number of hydrogen-bond donors (Lipinski definition) is 3. The van der Waals surface area contributed by atoms with Crippen molar-refractivity contribution in [2.75, 3.05) is 26.7 Å². The summed E-state index contributed by atoms with van der Waals surface area (Å²) in [5, 5.41) is 42.4. The molecular formula is C30H37F3N6O6S. The van der Waals surface area contributed by atoms with Gasteiger partial charge in [-0.25, -0.2) is 17.9 Å². The Morgan fingerprint density at radius 2 is 1.72 bits per heavy atom. The molecule has 1 unspecified atom stereocenters. The number of carbonyl (C=O) groups is 1. The number of hydrogen-bond acceptors (Lipinski definition) is 12. The monoisotopic (exact) mass is 666 g/mol. The van der Waals surface area contributed by atoms with Crippen molar-refractivity contribution in [3.63, 3.8) is 0 Å². The van der Waals surface area contributed by atoms with E-state index >= 15 is 0 Å². The van der Waals surface area contributed by atoms with Gasteiger partial charge in [0.1, 0.15) is 42.1 Å². The van der Waals surface area contributed by atoms with Gasteiger partial charge in [0.05, 0.1) is 39.8 Å². The fourth-order valence-electron chi connectivity index (χ4n) is 5.77. The zero-order chi connectivity index (χ0) is 33.5. The minimum Gasteiger partial charge on any atom is -0.463 e. The van der Waals surface area contributed by atoms with Crippen LogP contribution in [-0.2, 0) is 14.3 Å². The predicted octanol–water partition coefficient (Wildman–Crippen LogP) is 2.56. The minimum absolute atomic E-state index is 0.0519. The lowest BCUT2D eigenvalue weighted by Gasteiger charge is -2.46.